The molecular weight excluding hydrogens is 264 g/mol. The Labute approximate surface area is 114 Å². The maximum Gasteiger partial charge on any atom is 0.336 e. The van der Waals surface area contributed by atoms with Crippen LogP contribution >= 0.6 is 0 Å². The van der Waals surface area contributed by atoms with Crippen molar-refractivity contribution in [3.05, 3.63) is 40.6 Å². The molecule has 0 aliphatic heterocycles. The Hall–Kier alpha value is -2.04. The van der Waals surface area contributed by atoms with Gasteiger partial charge in [-0.25, -0.2) is 18.6 Å². The van der Waals surface area contributed by atoms with Crippen LogP contribution in [0.3, 0.4) is 0 Å². The lowest BCUT2D eigenvalue weighted by Gasteiger charge is -2.24. The topological polar surface area (TPSA) is 50.2 Å². The summed E-state index contributed by atoms with van der Waals surface area (Å²) in [7, 11) is 0. The number of aromatic carboxylic acids is 1. The second-order valence-corrected chi connectivity index (χ2v) is 5.20. The number of halogens is 2. The number of rotatable bonds is 1. The molecule has 0 spiro atoms. The van der Waals surface area contributed by atoms with Crippen LogP contribution in [-0.4, -0.2) is 16.1 Å². The van der Waals surface area contributed by atoms with Gasteiger partial charge in [-0.15, -0.1) is 0 Å². The largest absolute Gasteiger partial charge is 0.478 e. The van der Waals surface area contributed by atoms with Crippen LogP contribution in [0.1, 0.15) is 47.3 Å². The smallest absolute Gasteiger partial charge is 0.336 e. The molecule has 1 heterocycles. The highest BCUT2D eigenvalue weighted by molar-refractivity contribution is 6.04. The molecule has 5 heteroatoms. The lowest BCUT2D eigenvalue weighted by Crippen LogP contribution is -2.16. The number of hydrogen-bond acceptors (Lipinski definition) is 2. The molecule has 20 heavy (non-hydrogen) atoms. The fourth-order valence-electron chi connectivity index (χ4n) is 2.97. The first-order chi connectivity index (χ1) is 9.50. The van der Waals surface area contributed by atoms with Crippen molar-refractivity contribution in [2.75, 3.05) is 0 Å². The van der Waals surface area contributed by atoms with Gasteiger partial charge in [-0.3, -0.25) is 0 Å². The number of fused-ring (bicyclic) bond motifs is 2. The third-order valence-electron chi connectivity index (χ3n) is 3.92. The minimum absolute atomic E-state index is 0.0592. The lowest BCUT2D eigenvalue weighted by molar-refractivity contribution is 0.0697. The summed E-state index contributed by atoms with van der Waals surface area (Å²) in [5.41, 5.74) is 0.822. The number of hydrogen-bond donors (Lipinski definition) is 1. The molecule has 0 bridgehead atoms. The molecule has 3 rings (SSSR count). The van der Waals surface area contributed by atoms with Crippen molar-refractivity contribution in [2.45, 2.75) is 32.1 Å². The zero-order valence-corrected chi connectivity index (χ0v) is 10.9. The van der Waals surface area contributed by atoms with Crippen LogP contribution < -0.4 is 0 Å². The monoisotopic (exact) mass is 277 g/mol. The van der Waals surface area contributed by atoms with Crippen molar-refractivity contribution in [1.82, 2.24) is 4.98 Å². The van der Waals surface area contributed by atoms with E-state index in [9.17, 15) is 18.7 Å². The minimum Gasteiger partial charge on any atom is -0.478 e. The van der Waals surface area contributed by atoms with Crippen molar-refractivity contribution >= 4 is 16.9 Å². The summed E-state index contributed by atoms with van der Waals surface area (Å²) in [4.78, 5) is 15.8. The first-order valence-corrected chi connectivity index (χ1v) is 6.54. The first-order valence-electron chi connectivity index (χ1n) is 6.54. The third-order valence-corrected chi connectivity index (χ3v) is 3.92. The third kappa shape index (κ3) is 1.77. The van der Waals surface area contributed by atoms with Crippen LogP contribution in [0.4, 0.5) is 8.78 Å². The zero-order valence-electron chi connectivity index (χ0n) is 10.9. The predicted molar refractivity (Wildman–Crippen MR) is 70.0 cm³/mol. The van der Waals surface area contributed by atoms with Crippen LogP contribution in [0, 0.1) is 11.6 Å². The van der Waals surface area contributed by atoms with Gasteiger partial charge in [0.15, 0.2) is 0 Å². The number of pyridine rings is 1. The van der Waals surface area contributed by atoms with Gasteiger partial charge in [0, 0.05) is 5.69 Å². The minimum atomic E-state index is -1.23. The quantitative estimate of drug-likeness (QED) is 0.865. The summed E-state index contributed by atoms with van der Waals surface area (Å²) in [6, 6.07) is 1.93. The second kappa shape index (κ2) is 4.51. The van der Waals surface area contributed by atoms with E-state index in [0.717, 1.165) is 25.0 Å². The Kier molecular flexibility index (Phi) is 2.92. The average Bonchev–Trinajstić information content (AvgIpc) is 2.41. The Morgan fingerprint density at radius 2 is 2.05 bits per heavy atom. The normalized spacial score (nSPS) is 18.1. The van der Waals surface area contributed by atoms with Crippen LogP contribution in [-0.2, 0) is 6.42 Å². The fourth-order valence-corrected chi connectivity index (χ4v) is 2.97. The van der Waals surface area contributed by atoms with E-state index in [1.54, 1.807) is 0 Å². The van der Waals surface area contributed by atoms with Gasteiger partial charge < -0.3 is 5.11 Å². The molecule has 2 aromatic rings. The van der Waals surface area contributed by atoms with Crippen LogP contribution in [0.5, 0.6) is 0 Å². The Balaban J connectivity index is 2.51. The number of carboxylic acids is 1. The van der Waals surface area contributed by atoms with Crippen LogP contribution in [0.15, 0.2) is 12.1 Å². The van der Waals surface area contributed by atoms with E-state index in [4.69, 9.17) is 0 Å². The van der Waals surface area contributed by atoms with Gasteiger partial charge in [0.05, 0.1) is 10.9 Å². The van der Waals surface area contributed by atoms with Gasteiger partial charge in [-0.1, -0.05) is 6.92 Å². The Bertz CT molecular complexity index is 728. The fraction of sp³-hybridized carbons (Fsp3) is 0.333. The molecule has 1 atom stereocenters. The molecule has 1 N–H and O–H groups in total. The molecule has 0 amide bonds. The standard InChI is InChI=1S/C15H13F2NO2/c1-7-3-2-4-8-11(15(19)20)12-9(16)5-6-10(17)14(12)18-13(7)8/h5-7H,2-4H2,1H3,(H,19,20). The molecular formula is C15H13F2NO2. The second-order valence-electron chi connectivity index (χ2n) is 5.20. The average molecular weight is 277 g/mol. The molecule has 1 aromatic carbocycles. The molecule has 1 unspecified atom stereocenters. The van der Waals surface area contributed by atoms with E-state index >= 15 is 0 Å². The number of nitrogens with zero attached hydrogens (tertiary/aromatic N) is 1. The summed E-state index contributed by atoms with van der Waals surface area (Å²) >= 11 is 0. The summed E-state index contributed by atoms with van der Waals surface area (Å²) < 4.78 is 27.9. The highest BCUT2D eigenvalue weighted by atomic mass is 19.1. The summed E-state index contributed by atoms with van der Waals surface area (Å²) in [5.74, 6) is -2.60. The van der Waals surface area contributed by atoms with Gasteiger partial charge >= 0.3 is 5.97 Å². The van der Waals surface area contributed by atoms with Gasteiger partial charge in [-0.2, -0.15) is 0 Å². The van der Waals surface area contributed by atoms with Crippen molar-refractivity contribution in [3.63, 3.8) is 0 Å². The van der Waals surface area contributed by atoms with Gasteiger partial charge in [0.2, 0.25) is 0 Å². The lowest BCUT2D eigenvalue weighted by atomic mass is 9.84. The van der Waals surface area contributed by atoms with Crippen LogP contribution in [0.2, 0.25) is 0 Å². The molecule has 3 nitrogen and oxygen atoms in total. The van der Waals surface area contributed by atoms with Crippen LogP contribution in [0.25, 0.3) is 10.9 Å². The predicted octanol–water partition coefficient (Wildman–Crippen LogP) is 3.65. The van der Waals surface area contributed by atoms with E-state index in [1.807, 2.05) is 6.92 Å². The SMILES string of the molecule is CC1CCCc2c1nc1c(F)ccc(F)c1c2C(=O)O. The summed E-state index contributed by atoms with van der Waals surface area (Å²) in [6.45, 7) is 1.93. The molecule has 104 valence electrons. The highest BCUT2D eigenvalue weighted by Crippen LogP contribution is 2.36. The maximum absolute atomic E-state index is 14.0. The Morgan fingerprint density at radius 3 is 2.75 bits per heavy atom. The molecule has 0 saturated heterocycles. The van der Waals surface area contributed by atoms with E-state index in [0.29, 0.717) is 17.7 Å². The molecule has 1 aromatic heterocycles. The molecule has 0 saturated carbocycles. The number of benzene rings is 1. The summed E-state index contributed by atoms with van der Waals surface area (Å²) in [6.07, 6.45) is 2.25. The first kappa shape index (κ1) is 13.0. The highest BCUT2D eigenvalue weighted by Gasteiger charge is 2.28. The van der Waals surface area contributed by atoms with Crippen molar-refractivity contribution in [1.29, 1.82) is 0 Å². The number of aromatic nitrogens is 1. The van der Waals surface area contributed by atoms with E-state index in [2.05, 4.69) is 4.98 Å². The van der Waals surface area contributed by atoms with Crippen molar-refractivity contribution in [3.8, 4) is 0 Å². The molecule has 1 aliphatic rings. The van der Waals surface area contributed by atoms with Crippen molar-refractivity contribution in [2.24, 2.45) is 0 Å². The van der Waals surface area contributed by atoms with Gasteiger partial charge in [-0.05, 0) is 42.9 Å². The number of carbonyl (C=O) groups is 1. The summed E-state index contributed by atoms with van der Waals surface area (Å²) in [5, 5.41) is 9.21. The van der Waals surface area contributed by atoms with Gasteiger partial charge in [0.25, 0.3) is 0 Å². The van der Waals surface area contributed by atoms with E-state index in [1.165, 1.54) is 0 Å². The van der Waals surface area contributed by atoms with Gasteiger partial charge in [0.1, 0.15) is 17.2 Å². The van der Waals surface area contributed by atoms with Crippen molar-refractivity contribution < 1.29 is 18.7 Å². The molecule has 1 aliphatic carbocycles. The zero-order chi connectivity index (χ0) is 14.4. The maximum atomic E-state index is 14.0. The Morgan fingerprint density at radius 1 is 1.35 bits per heavy atom. The molecule has 0 fully saturated rings. The number of carboxylic acid groups (broad SMARTS) is 1. The molecule has 0 radical (unpaired) electrons. The van der Waals surface area contributed by atoms with E-state index in [-0.39, 0.29) is 22.4 Å². The van der Waals surface area contributed by atoms with E-state index < -0.39 is 17.6 Å².